The minimum Gasteiger partial charge on any atom is -0.310 e. The first-order chi connectivity index (χ1) is 9.76. The normalized spacial score (nSPS) is 13.6. The molecule has 0 amide bonds. The van der Waals surface area contributed by atoms with Crippen molar-refractivity contribution in [2.45, 2.75) is 43.5 Å². The third kappa shape index (κ3) is 6.28. The molecule has 1 rings (SSSR count). The zero-order valence-electron chi connectivity index (χ0n) is 12.8. The summed E-state index contributed by atoms with van der Waals surface area (Å²) in [5.74, 6) is 0. The Morgan fingerprint density at radius 3 is 2.48 bits per heavy atom. The summed E-state index contributed by atoms with van der Waals surface area (Å²) in [6.07, 6.45) is 1.96. The van der Waals surface area contributed by atoms with Crippen molar-refractivity contribution in [3.8, 4) is 0 Å². The van der Waals surface area contributed by atoms with Crippen molar-refractivity contribution in [2.75, 3.05) is 12.8 Å². The SMILES string of the molecule is CSC(C)CNS(=O)(=O)c1ccc(CNC(C)C)cc1Br. The van der Waals surface area contributed by atoms with Crippen molar-refractivity contribution < 1.29 is 8.42 Å². The summed E-state index contributed by atoms with van der Waals surface area (Å²) in [6.45, 7) is 7.28. The molecule has 21 heavy (non-hydrogen) atoms. The number of thioether (sulfide) groups is 1. The number of benzene rings is 1. The lowest BCUT2D eigenvalue weighted by Crippen LogP contribution is -2.29. The molecule has 1 atom stereocenters. The summed E-state index contributed by atoms with van der Waals surface area (Å²) < 4.78 is 27.8. The molecule has 1 unspecified atom stereocenters. The molecule has 0 aromatic heterocycles. The second-order valence-corrected chi connectivity index (χ2v) is 9.06. The molecule has 0 aliphatic carbocycles. The maximum Gasteiger partial charge on any atom is 0.241 e. The van der Waals surface area contributed by atoms with Crippen molar-refractivity contribution in [2.24, 2.45) is 0 Å². The predicted octanol–water partition coefficient (Wildman–Crippen LogP) is 2.98. The van der Waals surface area contributed by atoms with Crippen LogP contribution < -0.4 is 10.0 Å². The van der Waals surface area contributed by atoms with E-state index in [0.717, 1.165) is 5.56 Å². The molecule has 4 nitrogen and oxygen atoms in total. The van der Waals surface area contributed by atoms with E-state index in [1.54, 1.807) is 17.8 Å². The Morgan fingerprint density at radius 1 is 1.29 bits per heavy atom. The van der Waals surface area contributed by atoms with Crippen molar-refractivity contribution in [3.05, 3.63) is 28.2 Å². The lowest BCUT2D eigenvalue weighted by molar-refractivity contribution is 0.579. The minimum absolute atomic E-state index is 0.244. The van der Waals surface area contributed by atoms with Crippen LogP contribution in [-0.2, 0) is 16.6 Å². The number of rotatable bonds is 8. The summed E-state index contributed by atoms with van der Waals surface area (Å²) in [7, 11) is -3.47. The lowest BCUT2D eigenvalue weighted by atomic mass is 10.2. The van der Waals surface area contributed by atoms with Gasteiger partial charge in [-0.2, -0.15) is 11.8 Å². The van der Waals surface area contributed by atoms with Crippen LogP contribution in [0.2, 0.25) is 0 Å². The van der Waals surface area contributed by atoms with E-state index in [-0.39, 0.29) is 10.1 Å². The van der Waals surface area contributed by atoms with Crippen LogP contribution in [0.25, 0.3) is 0 Å². The van der Waals surface area contributed by atoms with Crippen LogP contribution in [0.3, 0.4) is 0 Å². The molecule has 0 heterocycles. The Hall–Kier alpha value is -0.0800. The van der Waals surface area contributed by atoms with Crippen molar-refractivity contribution in [1.29, 1.82) is 0 Å². The van der Waals surface area contributed by atoms with E-state index in [1.807, 2.05) is 25.3 Å². The molecular weight excluding hydrogens is 372 g/mol. The topological polar surface area (TPSA) is 58.2 Å². The second kappa shape index (κ2) is 8.53. The van der Waals surface area contributed by atoms with Gasteiger partial charge in [0.1, 0.15) is 0 Å². The molecule has 0 aliphatic rings. The van der Waals surface area contributed by atoms with Gasteiger partial charge in [-0.15, -0.1) is 0 Å². The highest BCUT2D eigenvalue weighted by molar-refractivity contribution is 9.10. The standard InChI is InChI=1S/C14H23BrN2O2S2/c1-10(2)16-9-12-5-6-14(13(15)7-12)21(18,19)17-8-11(3)20-4/h5-7,10-11,16-17H,8-9H2,1-4H3. The number of hydrogen-bond donors (Lipinski definition) is 2. The average Bonchev–Trinajstić information content (AvgIpc) is 2.42. The summed E-state index contributed by atoms with van der Waals surface area (Å²) in [5.41, 5.74) is 1.05. The molecule has 0 saturated heterocycles. The monoisotopic (exact) mass is 394 g/mol. The molecule has 1 aromatic rings. The second-order valence-electron chi connectivity index (χ2n) is 5.20. The molecular formula is C14H23BrN2O2S2. The molecule has 7 heteroatoms. The van der Waals surface area contributed by atoms with Gasteiger partial charge in [0.2, 0.25) is 10.0 Å². The van der Waals surface area contributed by atoms with Crippen LogP contribution in [0.5, 0.6) is 0 Å². The van der Waals surface area contributed by atoms with E-state index in [0.29, 0.717) is 23.6 Å². The van der Waals surface area contributed by atoms with Gasteiger partial charge in [0.05, 0.1) is 4.90 Å². The Kier molecular flexibility index (Phi) is 7.70. The fourth-order valence-corrected chi connectivity index (χ4v) is 4.19. The fraction of sp³-hybridized carbons (Fsp3) is 0.571. The van der Waals surface area contributed by atoms with Crippen LogP contribution in [0, 0.1) is 0 Å². The molecule has 0 aliphatic heterocycles. The molecule has 0 fully saturated rings. The van der Waals surface area contributed by atoms with E-state index in [1.165, 1.54) is 0 Å². The van der Waals surface area contributed by atoms with Gasteiger partial charge in [-0.05, 0) is 39.9 Å². The number of nitrogens with one attached hydrogen (secondary N) is 2. The van der Waals surface area contributed by atoms with Gasteiger partial charge in [-0.3, -0.25) is 0 Å². The number of sulfonamides is 1. The van der Waals surface area contributed by atoms with Gasteiger partial charge in [-0.25, -0.2) is 13.1 Å². The summed E-state index contributed by atoms with van der Waals surface area (Å²) in [5, 5.41) is 3.55. The zero-order valence-corrected chi connectivity index (χ0v) is 16.0. The molecule has 0 bridgehead atoms. The third-order valence-electron chi connectivity index (χ3n) is 2.96. The molecule has 2 N–H and O–H groups in total. The smallest absolute Gasteiger partial charge is 0.241 e. The van der Waals surface area contributed by atoms with Gasteiger partial charge >= 0.3 is 0 Å². The summed E-state index contributed by atoms with van der Waals surface area (Å²) in [6, 6.07) is 5.73. The first kappa shape index (κ1) is 19.0. The predicted molar refractivity (Wildman–Crippen MR) is 94.3 cm³/mol. The highest BCUT2D eigenvalue weighted by Gasteiger charge is 2.18. The van der Waals surface area contributed by atoms with Gasteiger partial charge in [0.15, 0.2) is 0 Å². The van der Waals surface area contributed by atoms with Gasteiger partial charge in [0, 0.05) is 28.9 Å². The average molecular weight is 395 g/mol. The molecule has 0 spiro atoms. The molecule has 1 aromatic carbocycles. The Balaban J connectivity index is 2.83. The maximum atomic E-state index is 12.3. The van der Waals surface area contributed by atoms with Crippen LogP contribution in [0.4, 0.5) is 0 Å². The van der Waals surface area contributed by atoms with Crippen LogP contribution in [0.15, 0.2) is 27.6 Å². The first-order valence-corrected chi connectivity index (χ1v) is 10.4. The van der Waals surface area contributed by atoms with Gasteiger partial charge in [0.25, 0.3) is 0 Å². The van der Waals surface area contributed by atoms with Gasteiger partial charge < -0.3 is 5.32 Å². The zero-order chi connectivity index (χ0) is 16.0. The Bertz CT molecular complexity index is 562. The number of hydrogen-bond acceptors (Lipinski definition) is 4. The molecule has 0 radical (unpaired) electrons. The van der Waals surface area contributed by atoms with Crippen LogP contribution in [0.1, 0.15) is 26.3 Å². The fourth-order valence-electron chi connectivity index (χ4n) is 1.58. The summed E-state index contributed by atoms with van der Waals surface area (Å²) in [4.78, 5) is 0.282. The Labute approximate surface area is 140 Å². The summed E-state index contributed by atoms with van der Waals surface area (Å²) >= 11 is 4.99. The van der Waals surface area contributed by atoms with Crippen molar-refractivity contribution >= 4 is 37.7 Å². The van der Waals surface area contributed by atoms with Crippen molar-refractivity contribution in [1.82, 2.24) is 10.0 Å². The maximum absolute atomic E-state index is 12.3. The van der Waals surface area contributed by atoms with E-state index < -0.39 is 10.0 Å². The number of halogens is 1. The third-order valence-corrected chi connectivity index (χ3v) is 6.34. The first-order valence-electron chi connectivity index (χ1n) is 6.80. The van der Waals surface area contributed by atoms with Crippen LogP contribution >= 0.6 is 27.7 Å². The molecule has 120 valence electrons. The highest BCUT2D eigenvalue weighted by atomic mass is 79.9. The van der Waals surface area contributed by atoms with E-state index in [9.17, 15) is 8.42 Å². The minimum atomic E-state index is -3.47. The highest BCUT2D eigenvalue weighted by Crippen LogP contribution is 2.23. The Morgan fingerprint density at radius 2 is 1.95 bits per heavy atom. The quantitative estimate of drug-likeness (QED) is 0.711. The van der Waals surface area contributed by atoms with E-state index in [2.05, 4.69) is 39.8 Å². The lowest BCUT2D eigenvalue weighted by Gasteiger charge is -2.13. The molecule has 0 saturated carbocycles. The van der Waals surface area contributed by atoms with E-state index >= 15 is 0 Å². The van der Waals surface area contributed by atoms with Crippen LogP contribution in [-0.4, -0.2) is 32.5 Å². The largest absolute Gasteiger partial charge is 0.310 e. The van der Waals surface area contributed by atoms with Gasteiger partial charge in [-0.1, -0.05) is 26.8 Å². The van der Waals surface area contributed by atoms with E-state index in [4.69, 9.17) is 0 Å². The van der Waals surface area contributed by atoms with Crippen molar-refractivity contribution in [3.63, 3.8) is 0 Å².